The van der Waals surface area contributed by atoms with Gasteiger partial charge in [0.2, 0.25) is 0 Å². The molecule has 0 aliphatic heterocycles. The van der Waals surface area contributed by atoms with Gasteiger partial charge in [0.1, 0.15) is 5.56 Å². The van der Waals surface area contributed by atoms with Gasteiger partial charge in [0, 0.05) is 34.3 Å². The lowest BCUT2D eigenvalue weighted by molar-refractivity contribution is -0.387. The molecule has 2 aromatic rings. The van der Waals surface area contributed by atoms with Crippen LogP contribution >= 0.6 is 0 Å². The molecule has 0 saturated carbocycles. The lowest BCUT2D eigenvalue weighted by Gasteiger charge is -2.09. The maximum atomic E-state index is 13.0. The summed E-state index contributed by atoms with van der Waals surface area (Å²) in [7, 11) is -3.27. The zero-order chi connectivity index (χ0) is 18.3. The molecule has 24 heavy (non-hydrogen) atoms. The van der Waals surface area contributed by atoms with E-state index in [0.717, 1.165) is 6.07 Å². The van der Waals surface area contributed by atoms with Gasteiger partial charge in [0.15, 0.2) is 9.84 Å². The number of sulfone groups is 1. The predicted molar refractivity (Wildman–Crippen MR) is 82.7 cm³/mol. The molecule has 132 valence electrons. The third-order valence-corrected chi connectivity index (χ3v) is 5.62. The smallest absolute Gasteiger partial charge is 0.358 e. The number of hydrogen-bond donors (Lipinski definition) is 1. The minimum atomic E-state index is -4.86. The first-order valence-corrected chi connectivity index (χ1v) is 8.85. The molecule has 1 heterocycles. The molecule has 10 heteroatoms. The molecular weight excluding hydrogens is 349 g/mol. The fraction of sp³-hybridized carbons (Fsp3) is 0.429. The van der Waals surface area contributed by atoms with Crippen molar-refractivity contribution in [3.05, 3.63) is 39.6 Å². The number of aromatic nitrogens is 1. The van der Waals surface area contributed by atoms with Gasteiger partial charge >= 0.3 is 6.18 Å². The van der Waals surface area contributed by atoms with Crippen molar-refractivity contribution in [3.8, 4) is 0 Å². The number of H-pyrrole nitrogens is 1. The van der Waals surface area contributed by atoms with E-state index in [-0.39, 0.29) is 22.4 Å². The lowest BCUT2D eigenvalue weighted by atomic mass is 10.1. The Kier molecular flexibility index (Phi) is 4.62. The first kappa shape index (κ1) is 18.2. The number of nitro groups is 1. The molecule has 0 spiro atoms. The minimum Gasteiger partial charge on any atom is -0.358 e. The summed E-state index contributed by atoms with van der Waals surface area (Å²) in [6.45, 7) is 3.13. The van der Waals surface area contributed by atoms with Crippen LogP contribution in [0.2, 0.25) is 0 Å². The summed E-state index contributed by atoms with van der Waals surface area (Å²) in [5.74, 6) is -0.679. The minimum absolute atomic E-state index is 0.0404. The van der Waals surface area contributed by atoms with E-state index in [1.165, 1.54) is 13.0 Å². The van der Waals surface area contributed by atoms with Crippen LogP contribution in [-0.2, 0) is 16.0 Å². The normalized spacial score (nSPS) is 14.0. The Labute approximate surface area is 135 Å². The molecule has 1 aromatic carbocycles. The average Bonchev–Trinajstić information content (AvgIpc) is 2.87. The van der Waals surface area contributed by atoms with Gasteiger partial charge in [-0.05, 0) is 12.1 Å². The summed E-state index contributed by atoms with van der Waals surface area (Å²) in [4.78, 5) is 12.5. The van der Waals surface area contributed by atoms with E-state index in [1.807, 2.05) is 0 Å². The largest absolute Gasteiger partial charge is 0.423 e. The number of nitro benzene ring substituents is 1. The van der Waals surface area contributed by atoms with Crippen LogP contribution in [0.15, 0.2) is 18.2 Å². The van der Waals surface area contributed by atoms with Crippen LogP contribution in [0.3, 0.4) is 0 Å². The number of hydrogen-bond acceptors (Lipinski definition) is 4. The second-order valence-electron chi connectivity index (χ2n) is 5.54. The van der Waals surface area contributed by atoms with E-state index in [0.29, 0.717) is 11.8 Å². The van der Waals surface area contributed by atoms with Crippen LogP contribution in [0.25, 0.3) is 10.9 Å². The van der Waals surface area contributed by atoms with Crippen molar-refractivity contribution in [2.24, 2.45) is 0 Å². The van der Waals surface area contributed by atoms with Gasteiger partial charge in [0.25, 0.3) is 5.69 Å². The Bertz CT molecular complexity index is 887. The van der Waals surface area contributed by atoms with Crippen LogP contribution < -0.4 is 0 Å². The zero-order valence-electron chi connectivity index (χ0n) is 12.8. The number of aromatic amines is 1. The number of halogens is 3. The first-order valence-electron chi connectivity index (χ1n) is 7.03. The number of benzene rings is 1. The summed E-state index contributed by atoms with van der Waals surface area (Å²) in [6.07, 6.45) is -4.86. The summed E-state index contributed by atoms with van der Waals surface area (Å²) >= 11 is 0. The molecule has 0 aliphatic rings. The second kappa shape index (κ2) is 6.08. The van der Waals surface area contributed by atoms with Crippen LogP contribution in [0.4, 0.5) is 18.9 Å². The van der Waals surface area contributed by atoms with Crippen LogP contribution in [0, 0.1) is 10.1 Å². The molecule has 0 bridgehead atoms. The van der Waals surface area contributed by atoms with E-state index < -0.39 is 38.1 Å². The number of alkyl halides is 3. The Morgan fingerprint density at radius 3 is 2.42 bits per heavy atom. The standard InChI is InChI=1S/C14H15F3N2O4S/c1-3-24(22,23)7-8(2)11-4-9-5-13(19(20)21)10(14(15,16)17)6-12(9)18-11/h4-6,8,18H,3,7H2,1-2H3. The quantitative estimate of drug-likeness (QED) is 0.647. The van der Waals surface area contributed by atoms with Gasteiger partial charge in [-0.3, -0.25) is 10.1 Å². The van der Waals surface area contributed by atoms with E-state index in [2.05, 4.69) is 4.98 Å². The van der Waals surface area contributed by atoms with Crippen molar-refractivity contribution in [3.63, 3.8) is 0 Å². The molecule has 1 unspecified atom stereocenters. The maximum Gasteiger partial charge on any atom is 0.423 e. The average molecular weight is 364 g/mol. The highest BCUT2D eigenvalue weighted by molar-refractivity contribution is 7.91. The van der Waals surface area contributed by atoms with E-state index in [1.54, 1.807) is 6.92 Å². The fourth-order valence-electron chi connectivity index (χ4n) is 2.42. The zero-order valence-corrected chi connectivity index (χ0v) is 13.7. The monoisotopic (exact) mass is 364 g/mol. The number of nitrogens with zero attached hydrogens (tertiary/aromatic N) is 1. The van der Waals surface area contributed by atoms with Crippen molar-refractivity contribution in [1.82, 2.24) is 4.98 Å². The first-order chi connectivity index (χ1) is 10.9. The van der Waals surface area contributed by atoms with Gasteiger partial charge in [0.05, 0.1) is 10.7 Å². The Hall–Kier alpha value is -2.10. The maximum absolute atomic E-state index is 13.0. The third-order valence-electron chi connectivity index (χ3n) is 3.73. The van der Waals surface area contributed by atoms with Gasteiger partial charge in [-0.15, -0.1) is 0 Å². The summed E-state index contributed by atoms with van der Waals surface area (Å²) in [6, 6.07) is 2.97. The molecular formula is C14H15F3N2O4S. The van der Waals surface area contributed by atoms with Gasteiger partial charge in [-0.1, -0.05) is 13.8 Å². The fourth-order valence-corrected chi connectivity index (χ4v) is 3.60. The van der Waals surface area contributed by atoms with Crippen LogP contribution in [0.1, 0.15) is 31.0 Å². The van der Waals surface area contributed by atoms with Gasteiger partial charge in [-0.2, -0.15) is 13.2 Å². The molecule has 0 fully saturated rings. The van der Waals surface area contributed by atoms with E-state index in [9.17, 15) is 31.7 Å². The number of fused-ring (bicyclic) bond motifs is 1. The van der Waals surface area contributed by atoms with E-state index >= 15 is 0 Å². The van der Waals surface area contributed by atoms with Crippen molar-refractivity contribution < 1.29 is 26.5 Å². The predicted octanol–water partition coefficient (Wildman–Crippen LogP) is 3.63. The Morgan fingerprint density at radius 2 is 1.92 bits per heavy atom. The highest BCUT2D eigenvalue weighted by atomic mass is 32.2. The van der Waals surface area contributed by atoms with Crippen molar-refractivity contribution in [1.29, 1.82) is 0 Å². The Balaban J connectivity index is 2.53. The molecule has 2 rings (SSSR count). The SMILES string of the molecule is CCS(=O)(=O)CC(C)c1cc2cc([N+](=O)[O-])c(C(F)(F)F)cc2[nH]1. The molecule has 1 N–H and O–H groups in total. The molecule has 0 saturated heterocycles. The lowest BCUT2D eigenvalue weighted by Crippen LogP contribution is -2.14. The summed E-state index contributed by atoms with van der Waals surface area (Å²) in [5, 5.41) is 11.1. The number of rotatable bonds is 5. The molecule has 0 radical (unpaired) electrons. The molecule has 6 nitrogen and oxygen atoms in total. The summed E-state index contributed by atoms with van der Waals surface area (Å²) in [5.41, 5.74) is -1.89. The van der Waals surface area contributed by atoms with E-state index in [4.69, 9.17) is 0 Å². The third kappa shape index (κ3) is 3.69. The van der Waals surface area contributed by atoms with Crippen molar-refractivity contribution in [2.75, 3.05) is 11.5 Å². The Morgan fingerprint density at radius 1 is 1.29 bits per heavy atom. The molecule has 0 amide bonds. The molecule has 1 aromatic heterocycles. The van der Waals surface area contributed by atoms with Crippen LogP contribution in [0.5, 0.6) is 0 Å². The highest BCUT2D eigenvalue weighted by Gasteiger charge is 2.38. The van der Waals surface area contributed by atoms with Crippen molar-refractivity contribution >= 4 is 26.4 Å². The van der Waals surface area contributed by atoms with Gasteiger partial charge < -0.3 is 4.98 Å². The van der Waals surface area contributed by atoms with Gasteiger partial charge in [-0.25, -0.2) is 8.42 Å². The van der Waals surface area contributed by atoms with Crippen LogP contribution in [-0.4, -0.2) is 29.8 Å². The summed E-state index contributed by atoms with van der Waals surface area (Å²) < 4.78 is 62.3. The molecule has 1 atom stereocenters. The molecule has 0 aliphatic carbocycles. The number of nitrogens with one attached hydrogen (secondary N) is 1. The topological polar surface area (TPSA) is 93.1 Å². The van der Waals surface area contributed by atoms with Crippen molar-refractivity contribution in [2.45, 2.75) is 25.9 Å². The highest BCUT2D eigenvalue weighted by Crippen LogP contribution is 2.39. The second-order valence-corrected chi connectivity index (χ2v) is 7.93.